The Bertz CT molecular complexity index is 595. The lowest BCUT2D eigenvalue weighted by atomic mass is 10.2. The van der Waals surface area contributed by atoms with Gasteiger partial charge in [-0.3, -0.25) is 9.48 Å². The van der Waals surface area contributed by atoms with E-state index in [9.17, 15) is 9.18 Å². The molecule has 0 aliphatic heterocycles. The highest BCUT2D eigenvalue weighted by Crippen LogP contribution is 2.26. The molecule has 2 rings (SSSR count). The first-order valence-electron chi connectivity index (χ1n) is 5.72. The minimum absolute atomic E-state index is 0.281. The summed E-state index contributed by atoms with van der Waals surface area (Å²) in [4.78, 5) is 11.1. The first-order chi connectivity index (χ1) is 9.04. The summed E-state index contributed by atoms with van der Waals surface area (Å²) in [6.45, 7) is 1.65. The highest BCUT2D eigenvalue weighted by molar-refractivity contribution is 5.90. The SMILES string of the molecule is CC(=O)Nc1cc(F)ccc1OCc1cnn(C)c1. The van der Waals surface area contributed by atoms with Crippen LogP contribution in [0.1, 0.15) is 12.5 Å². The fraction of sp³-hybridized carbons (Fsp3) is 0.231. The molecular weight excluding hydrogens is 249 g/mol. The molecule has 0 aliphatic carbocycles. The van der Waals surface area contributed by atoms with E-state index < -0.39 is 5.82 Å². The van der Waals surface area contributed by atoms with E-state index in [1.165, 1.54) is 25.1 Å². The molecule has 19 heavy (non-hydrogen) atoms. The third-order valence-corrected chi connectivity index (χ3v) is 2.41. The van der Waals surface area contributed by atoms with Gasteiger partial charge in [0.25, 0.3) is 0 Å². The Morgan fingerprint density at radius 3 is 2.95 bits per heavy atom. The lowest BCUT2D eigenvalue weighted by Gasteiger charge is -2.11. The summed E-state index contributed by atoms with van der Waals surface area (Å²) in [5.74, 6) is -0.297. The Balaban J connectivity index is 2.12. The Labute approximate surface area is 110 Å². The number of amides is 1. The van der Waals surface area contributed by atoms with Gasteiger partial charge in [-0.2, -0.15) is 5.10 Å². The number of aryl methyl sites for hydroxylation is 1. The third kappa shape index (κ3) is 3.54. The highest BCUT2D eigenvalue weighted by atomic mass is 19.1. The summed E-state index contributed by atoms with van der Waals surface area (Å²) in [5.41, 5.74) is 1.21. The summed E-state index contributed by atoms with van der Waals surface area (Å²) >= 11 is 0. The quantitative estimate of drug-likeness (QED) is 0.919. The fourth-order valence-electron chi connectivity index (χ4n) is 1.62. The van der Waals surface area contributed by atoms with Crippen LogP contribution in [0.25, 0.3) is 0 Å². The third-order valence-electron chi connectivity index (χ3n) is 2.41. The summed E-state index contributed by atoms with van der Waals surface area (Å²) in [7, 11) is 1.81. The predicted octanol–water partition coefficient (Wildman–Crippen LogP) is 2.10. The van der Waals surface area contributed by atoms with Crippen LogP contribution in [0.4, 0.5) is 10.1 Å². The number of nitrogens with zero attached hydrogens (tertiary/aromatic N) is 2. The van der Waals surface area contributed by atoms with Crippen molar-refractivity contribution in [1.29, 1.82) is 0 Å². The molecule has 1 aromatic carbocycles. The van der Waals surface area contributed by atoms with Crippen LogP contribution in [0, 0.1) is 5.82 Å². The van der Waals surface area contributed by atoms with Crippen LogP contribution < -0.4 is 10.1 Å². The molecular formula is C13H14FN3O2. The number of rotatable bonds is 4. The molecule has 6 heteroatoms. The molecule has 5 nitrogen and oxygen atoms in total. The Kier molecular flexibility index (Phi) is 3.79. The molecule has 0 saturated carbocycles. The molecule has 0 spiro atoms. The van der Waals surface area contributed by atoms with Gasteiger partial charge in [0.2, 0.25) is 5.91 Å². The van der Waals surface area contributed by atoms with Crippen molar-refractivity contribution < 1.29 is 13.9 Å². The fourth-order valence-corrected chi connectivity index (χ4v) is 1.62. The molecule has 2 aromatic rings. The van der Waals surface area contributed by atoms with Crippen molar-refractivity contribution in [1.82, 2.24) is 9.78 Å². The van der Waals surface area contributed by atoms with Gasteiger partial charge in [-0.25, -0.2) is 4.39 Å². The Morgan fingerprint density at radius 1 is 1.53 bits per heavy atom. The van der Waals surface area contributed by atoms with Gasteiger partial charge in [-0.1, -0.05) is 0 Å². The van der Waals surface area contributed by atoms with Crippen LogP contribution in [0.3, 0.4) is 0 Å². The molecule has 0 atom stereocenters. The molecule has 0 bridgehead atoms. The number of hydrogen-bond acceptors (Lipinski definition) is 3. The number of carbonyl (C=O) groups excluding carboxylic acids is 1. The molecule has 1 N–H and O–H groups in total. The van der Waals surface area contributed by atoms with Crippen molar-refractivity contribution in [3.8, 4) is 5.75 Å². The number of nitrogens with one attached hydrogen (secondary N) is 1. The van der Waals surface area contributed by atoms with Gasteiger partial charge in [0.15, 0.2) is 0 Å². The van der Waals surface area contributed by atoms with Crippen molar-refractivity contribution in [2.75, 3.05) is 5.32 Å². The van der Waals surface area contributed by atoms with E-state index in [4.69, 9.17) is 4.74 Å². The van der Waals surface area contributed by atoms with Crippen molar-refractivity contribution in [3.05, 3.63) is 42.0 Å². The molecule has 1 heterocycles. The number of carbonyl (C=O) groups is 1. The summed E-state index contributed by atoms with van der Waals surface area (Å²) < 4.78 is 20.4. The predicted molar refractivity (Wildman–Crippen MR) is 68.2 cm³/mol. The first kappa shape index (κ1) is 13.1. The lowest BCUT2D eigenvalue weighted by molar-refractivity contribution is -0.114. The second-order valence-corrected chi connectivity index (χ2v) is 4.13. The van der Waals surface area contributed by atoms with Gasteiger partial charge in [0, 0.05) is 31.8 Å². The maximum absolute atomic E-state index is 13.1. The van der Waals surface area contributed by atoms with Gasteiger partial charge >= 0.3 is 0 Å². The van der Waals surface area contributed by atoms with Gasteiger partial charge in [-0.15, -0.1) is 0 Å². The van der Waals surface area contributed by atoms with Crippen LogP contribution in [0.15, 0.2) is 30.6 Å². The van der Waals surface area contributed by atoms with Crippen molar-refractivity contribution in [3.63, 3.8) is 0 Å². The zero-order chi connectivity index (χ0) is 13.8. The van der Waals surface area contributed by atoms with E-state index in [-0.39, 0.29) is 5.91 Å². The molecule has 1 aromatic heterocycles. The average molecular weight is 263 g/mol. The first-order valence-corrected chi connectivity index (χ1v) is 5.72. The second kappa shape index (κ2) is 5.51. The van der Waals surface area contributed by atoms with Crippen molar-refractivity contribution >= 4 is 11.6 Å². The normalized spacial score (nSPS) is 10.3. The molecule has 0 saturated heterocycles. The summed E-state index contributed by atoms with van der Waals surface area (Å²) in [5, 5.41) is 6.55. The van der Waals surface area contributed by atoms with E-state index >= 15 is 0 Å². The van der Waals surface area contributed by atoms with Gasteiger partial charge in [0.1, 0.15) is 18.2 Å². The van der Waals surface area contributed by atoms with Crippen LogP contribution >= 0.6 is 0 Å². The van der Waals surface area contributed by atoms with Crippen molar-refractivity contribution in [2.45, 2.75) is 13.5 Å². The van der Waals surface area contributed by atoms with Gasteiger partial charge < -0.3 is 10.1 Å². The van der Waals surface area contributed by atoms with E-state index in [1.54, 1.807) is 10.9 Å². The van der Waals surface area contributed by atoms with E-state index in [0.717, 1.165) is 5.56 Å². The van der Waals surface area contributed by atoms with E-state index in [0.29, 0.717) is 18.0 Å². The van der Waals surface area contributed by atoms with Crippen LogP contribution in [-0.4, -0.2) is 15.7 Å². The highest BCUT2D eigenvalue weighted by Gasteiger charge is 2.08. The largest absolute Gasteiger partial charge is 0.487 e. The summed E-state index contributed by atoms with van der Waals surface area (Å²) in [6.07, 6.45) is 3.50. The van der Waals surface area contributed by atoms with E-state index in [2.05, 4.69) is 10.4 Å². The molecule has 100 valence electrons. The zero-order valence-electron chi connectivity index (χ0n) is 10.7. The van der Waals surface area contributed by atoms with E-state index in [1.807, 2.05) is 13.2 Å². The molecule has 0 unspecified atom stereocenters. The van der Waals surface area contributed by atoms with Crippen LogP contribution in [-0.2, 0) is 18.4 Å². The monoisotopic (exact) mass is 263 g/mol. The number of halogens is 1. The standard InChI is InChI=1S/C13H14FN3O2/c1-9(18)16-12-5-11(14)3-4-13(12)19-8-10-6-15-17(2)7-10/h3-7H,8H2,1-2H3,(H,16,18). The zero-order valence-corrected chi connectivity index (χ0v) is 10.7. The molecule has 1 amide bonds. The molecule has 0 fully saturated rings. The summed E-state index contributed by atoms with van der Waals surface area (Å²) in [6, 6.07) is 3.99. The average Bonchev–Trinajstić information content (AvgIpc) is 2.73. The van der Waals surface area contributed by atoms with Crippen molar-refractivity contribution in [2.24, 2.45) is 7.05 Å². The van der Waals surface area contributed by atoms with Gasteiger partial charge in [0.05, 0.1) is 11.9 Å². The molecule has 0 aliphatic rings. The van der Waals surface area contributed by atoms with Crippen LogP contribution in [0.2, 0.25) is 0 Å². The number of anilines is 1. The Morgan fingerprint density at radius 2 is 2.32 bits per heavy atom. The number of ether oxygens (including phenoxy) is 1. The number of aromatic nitrogens is 2. The minimum atomic E-state index is -0.433. The topological polar surface area (TPSA) is 56.1 Å². The second-order valence-electron chi connectivity index (χ2n) is 4.13. The minimum Gasteiger partial charge on any atom is -0.487 e. The molecule has 0 radical (unpaired) electrons. The van der Waals surface area contributed by atoms with Crippen LogP contribution in [0.5, 0.6) is 5.75 Å². The maximum Gasteiger partial charge on any atom is 0.221 e. The maximum atomic E-state index is 13.1. The number of hydrogen-bond donors (Lipinski definition) is 1. The Hall–Kier alpha value is -2.37. The number of benzene rings is 1. The van der Waals surface area contributed by atoms with Gasteiger partial charge in [-0.05, 0) is 12.1 Å². The lowest BCUT2D eigenvalue weighted by Crippen LogP contribution is -2.08. The smallest absolute Gasteiger partial charge is 0.221 e.